The van der Waals surface area contributed by atoms with Crippen molar-refractivity contribution in [1.29, 1.82) is 0 Å². The molecule has 152 valence electrons. The van der Waals surface area contributed by atoms with E-state index in [2.05, 4.69) is 31.3 Å². The number of carbonyl (C=O) groups is 1. The van der Waals surface area contributed by atoms with Crippen LogP contribution in [-0.4, -0.2) is 32.1 Å². The molecule has 5 heteroatoms. The van der Waals surface area contributed by atoms with Gasteiger partial charge in [0.15, 0.2) is 18.4 Å². The van der Waals surface area contributed by atoms with Gasteiger partial charge in [0.2, 0.25) is 0 Å². The van der Waals surface area contributed by atoms with Gasteiger partial charge in [0.05, 0.1) is 25.9 Å². The van der Waals surface area contributed by atoms with E-state index in [-0.39, 0.29) is 18.6 Å². The van der Waals surface area contributed by atoms with Gasteiger partial charge in [-0.05, 0) is 61.4 Å². The highest BCUT2D eigenvalue weighted by Gasteiger charge is 2.28. The summed E-state index contributed by atoms with van der Waals surface area (Å²) in [6.45, 7) is 9.14. The molecular formula is C23H33N2O3+. The molecular weight excluding hydrogens is 352 g/mol. The first kappa shape index (κ1) is 20.5. The van der Waals surface area contributed by atoms with Crippen LogP contribution in [0.1, 0.15) is 62.0 Å². The van der Waals surface area contributed by atoms with Gasteiger partial charge in [-0.15, -0.1) is 0 Å². The van der Waals surface area contributed by atoms with Crippen molar-refractivity contribution in [3.8, 4) is 5.75 Å². The zero-order valence-electron chi connectivity index (χ0n) is 17.3. The number of quaternary nitrogens is 1. The Bertz CT molecular complexity index is 749. The Morgan fingerprint density at radius 2 is 2.00 bits per heavy atom. The quantitative estimate of drug-likeness (QED) is 0.734. The molecule has 1 saturated heterocycles. The van der Waals surface area contributed by atoms with E-state index in [1.54, 1.807) is 6.26 Å². The van der Waals surface area contributed by atoms with Crippen molar-refractivity contribution in [2.45, 2.75) is 52.0 Å². The predicted octanol–water partition coefficient (Wildman–Crippen LogP) is 3.02. The fourth-order valence-corrected chi connectivity index (χ4v) is 3.94. The Morgan fingerprint density at radius 1 is 1.21 bits per heavy atom. The van der Waals surface area contributed by atoms with Gasteiger partial charge in [-0.2, -0.15) is 0 Å². The Balaban J connectivity index is 1.57. The summed E-state index contributed by atoms with van der Waals surface area (Å²) in [4.78, 5) is 14.0. The van der Waals surface area contributed by atoms with Gasteiger partial charge in [0.25, 0.3) is 5.91 Å². The van der Waals surface area contributed by atoms with Crippen LogP contribution in [0.25, 0.3) is 0 Å². The van der Waals surface area contributed by atoms with Crippen LogP contribution in [0.4, 0.5) is 0 Å². The lowest BCUT2D eigenvalue weighted by molar-refractivity contribution is -0.936. The molecule has 2 N–H and O–H groups in total. The van der Waals surface area contributed by atoms with Crippen LogP contribution in [0, 0.1) is 6.92 Å². The maximum atomic E-state index is 12.5. The number of amides is 1. The summed E-state index contributed by atoms with van der Waals surface area (Å²) < 4.78 is 11.5. The van der Waals surface area contributed by atoms with Crippen molar-refractivity contribution < 1.29 is 18.8 Å². The first-order valence-corrected chi connectivity index (χ1v) is 10.4. The maximum absolute atomic E-state index is 12.5. The molecule has 2 aromatic rings. The topological polar surface area (TPSA) is 55.9 Å². The van der Waals surface area contributed by atoms with Crippen molar-refractivity contribution in [2.75, 3.05) is 26.2 Å². The SMILES string of the molecule is Cc1ccc(C(C)C)c(OCC(=O)NC[C@@H](c2ccco2)[NH+]2CCCCC2)c1. The summed E-state index contributed by atoms with van der Waals surface area (Å²) in [6, 6.07) is 10.3. The van der Waals surface area contributed by atoms with Crippen molar-refractivity contribution in [1.82, 2.24) is 5.32 Å². The van der Waals surface area contributed by atoms with Crippen LogP contribution in [0.2, 0.25) is 0 Å². The fraction of sp³-hybridized carbons (Fsp3) is 0.522. The molecule has 0 unspecified atom stereocenters. The Labute approximate surface area is 168 Å². The normalized spacial score (nSPS) is 16.1. The minimum absolute atomic E-state index is 0.0311. The second-order valence-electron chi connectivity index (χ2n) is 8.08. The number of ether oxygens (including phenoxy) is 1. The molecule has 1 fully saturated rings. The molecule has 1 aromatic heterocycles. The number of piperidine rings is 1. The van der Waals surface area contributed by atoms with Gasteiger partial charge in [0.1, 0.15) is 5.75 Å². The average Bonchev–Trinajstić information content (AvgIpc) is 3.21. The van der Waals surface area contributed by atoms with Crippen LogP contribution in [0.15, 0.2) is 41.0 Å². The van der Waals surface area contributed by atoms with E-state index in [0.717, 1.165) is 35.7 Å². The Morgan fingerprint density at radius 3 is 2.68 bits per heavy atom. The van der Waals surface area contributed by atoms with Gasteiger partial charge < -0.3 is 19.4 Å². The number of likely N-dealkylation sites (tertiary alicyclic amines) is 1. The van der Waals surface area contributed by atoms with Gasteiger partial charge >= 0.3 is 0 Å². The number of hydrogen-bond acceptors (Lipinski definition) is 3. The molecule has 1 atom stereocenters. The van der Waals surface area contributed by atoms with Crippen LogP contribution in [0.5, 0.6) is 5.75 Å². The third kappa shape index (κ3) is 5.38. The van der Waals surface area contributed by atoms with Crippen molar-refractivity contribution in [2.24, 2.45) is 0 Å². The molecule has 3 rings (SSSR count). The van der Waals surface area contributed by atoms with Crippen molar-refractivity contribution in [3.63, 3.8) is 0 Å². The molecule has 28 heavy (non-hydrogen) atoms. The average molecular weight is 386 g/mol. The molecule has 2 heterocycles. The number of rotatable bonds is 8. The Hall–Kier alpha value is -2.27. The summed E-state index contributed by atoms with van der Waals surface area (Å²) in [5, 5.41) is 3.06. The minimum atomic E-state index is -0.0934. The van der Waals surface area contributed by atoms with Gasteiger partial charge in [-0.1, -0.05) is 26.0 Å². The largest absolute Gasteiger partial charge is 0.483 e. The molecule has 5 nitrogen and oxygen atoms in total. The highest BCUT2D eigenvalue weighted by atomic mass is 16.5. The highest BCUT2D eigenvalue weighted by molar-refractivity contribution is 5.77. The van der Waals surface area contributed by atoms with Crippen molar-refractivity contribution >= 4 is 5.91 Å². The van der Waals surface area contributed by atoms with Crippen LogP contribution in [0.3, 0.4) is 0 Å². The third-order valence-corrected chi connectivity index (χ3v) is 5.53. The van der Waals surface area contributed by atoms with Gasteiger partial charge in [-0.25, -0.2) is 0 Å². The summed E-state index contributed by atoms with van der Waals surface area (Å²) in [6.07, 6.45) is 5.47. The molecule has 0 saturated carbocycles. The van der Waals surface area contributed by atoms with E-state index >= 15 is 0 Å². The van der Waals surface area contributed by atoms with E-state index < -0.39 is 0 Å². The lowest BCUT2D eigenvalue weighted by atomic mass is 10.0. The number of carbonyl (C=O) groups excluding carboxylic acids is 1. The molecule has 1 aliphatic rings. The summed E-state index contributed by atoms with van der Waals surface area (Å²) in [7, 11) is 0. The van der Waals surface area contributed by atoms with Crippen molar-refractivity contribution in [3.05, 3.63) is 53.5 Å². The van der Waals surface area contributed by atoms with Crippen LogP contribution < -0.4 is 15.0 Å². The van der Waals surface area contributed by atoms with E-state index in [1.165, 1.54) is 24.2 Å². The summed E-state index contributed by atoms with van der Waals surface area (Å²) in [5.41, 5.74) is 2.26. The van der Waals surface area contributed by atoms with E-state index in [4.69, 9.17) is 9.15 Å². The van der Waals surface area contributed by atoms with Gasteiger partial charge in [0, 0.05) is 0 Å². The molecule has 0 spiro atoms. The zero-order chi connectivity index (χ0) is 19.9. The molecule has 1 aliphatic heterocycles. The molecule has 0 aliphatic carbocycles. The Kier molecular flexibility index (Phi) is 7.15. The molecule has 0 radical (unpaired) electrons. The number of hydrogen-bond donors (Lipinski definition) is 2. The summed E-state index contributed by atoms with van der Waals surface area (Å²) in [5.74, 6) is 2.00. The first-order chi connectivity index (χ1) is 13.5. The standard InChI is InChI=1S/C23H32N2O3/c1-17(2)19-10-9-18(3)14-22(19)28-16-23(26)24-15-20(21-8-7-13-27-21)25-11-5-4-6-12-25/h7-10,13-14,17,20H,4-6,11-12,15-16H2,1-3H3,(H,24,26)/p+1/t20-/m0/s1. The fourth-order valence-electron chi connectivity index (χ4n) is 3.94. The number of furan rings is 1. The van der Waals surface area contributed by atoms with Gasteiger partial charge in [-0.3, -0.25) is 4.79 Å². The van der Waals surface area contributed by atoms with Crippen LogP contribution in [-0.2, 0) is 4.79 Å². The zero-order valence-corrected chi connectivity index (χ0v) is 17.3. The van der Waals surface area contributed by atoms with Crippen LogP contribution >= 0.6 is 0 Å². The van der Waals surface area contributed by atoms with E-state index in [0.29, 0.717) is 12.5 Å². The molecule has 1 aromatic carbocycles. The first-order valence-electron chi connectivity index (χ1n) is 10.4. The highest BCUT2D eigenvalue weighted by Crippen LogP contribution is 2.27. The molecule has 0 bridgehead atoms. The number of nitrogens with one attached hydrogen (secondary N) is 2. The number of benzene rings is 1. The smallest absolute Gasteiger partial charge is 0.258 e. The van der Waals surface area contributed by atoms with E-state index in [9.17, 15) is 4.79 Å². The molecule has 1 amide bonds. The number of aryl methyl sites for hydroxylation is 1. The lowest BCUT2D eigenvalue weighted by Crippen LogP contribution is -3.13. The predicted molar refractivity (Wildman–Crippen MR) is 110 cm³/mol. The monoisotopic (exact) mass is 385 g/mol. The second-order valence-corrected chi connectivity index (χ2v) is 8.08. The lowest BCUT2D eigenvalue weighted by Gasteiger charge is -2.30. The minimum Gasteiger partial charge on any atom is -0.483 e. The second kappa shape index (κ2) is 9.78. The maximum Gasteiger partial charge on any atom is 0.258 e. The van der Waals surface area contributed by atoms with E-state index in [1.807, 2.05) is 25.1 Å². The third-order valence-electron chi connectivity index (χ3n) is 5.53. The summed E-state index contributed by atoms with van der Waals surface area (Å²) >= 11 is 0.